The van der Waals surface area contributed by atoms with Crippen LogP contribution in [0.3, 0.4) is 0 Å². The SMILES string of the molecule is N[C@H](Nc1cc(F)c(S(=O)(=O)Nc2ncc(F)s2)cc1Cl)c1ccccc1F. The normalized spacial score (nSPS) is 12.6. The fourth-order valence-electron chi connectivity index (χ4n) is 2.29. The minimum Gasteiger partial charge on any atom is -0.365 e. The van der Waals surface area contributed by atoms with Crippen molar-refractivity contribution >= 4 is 43.8 Å². The summed E-state index contributed by atoms with van der Waals surface area (Å²) in [6.45, 7) is 0. The van der Waals surface area contributed by atoms with Gasteiger partial charge in [0.2, 0.25) is 0 Å². The van der Waals surface area contributed by atoms with Crippen LogP contribution in [0.15, 0.2) is 47.5 Å². The molecule has 1 heterocycles. The molecule has 0 saturated carbocycles. The molecule has 148 valence electrons. The van der Waals surface area contributed by atoms with Crippen LogP contribution in [0.5, 0.6) is 0 Å². The van der Waals surface area contributed by atoms with E-state index in [9.17, 15) is 21.6 Å². The highest BCUT2D eigenvalue weighted by molar-refractivity contribution is 7.93. The second-order valence-corrected chi connectivity index (χ2v) is 8.52. The van der Waals surface area contributed by atoms with Gasteiger partial charge in [-0.2, -0.15) is 4.39 Å². The zero-order chi connectivity index (χ0) is 20.5. The number of benzene rings is 2. The Morgan fingerprint density at radius 1 is 1.14 bits per heavy atom. The van der Waals surface area contributed by atoms with Gasteiger partial charge in [0.05, 0.1) is 16.9 Å². The van der Waals surface area contributed by atoms with Gasteiger partial charge >= 0.3 is 0 Å². The summed E-state index contributed by atoms with van der Waals surface area (Å²) in [7, 11) is -4.40. The predicted octanol–water partition coefficient (Wildman–Crippen LogP) is 4.08. The summed E-state index contributed by atoms with van der Waals surface area (Å²) in [6, 6.07) is 7.39. The summed E-state index contributed by atoms with van der Waals surface area (Å²) in [6.07, 6.45) is -0.236. The van der Waals surface area contributed by atoms with Crippen molar-refractivity contribution in [2.24, 2.45) is 5.73 Å². The van der Waals surface area contributed by atoms with Crippen LogP contribution in [0.25, 0.3) is 0 Å². The molecule has 1 aromatic heterocycles. The van der Waals surface area contributed by atoms with Crippen molar-refractivity contribution in [3.63, 3.8) is 0 Å². The molecule has 3 rings (SSSR count). The molecular formula is C16H12ClF3N4O2S2. The monoisotopic (exact) mass is 448 g/mol. The molecule has 0 amide bonds. The van der Waals surface area contributed by atoms with Crippen LogP contribution >= 0.6 is 22.9 Å². The average molecular weight is 449 g/mol. The zero-order valence-corrected chi connectivity index (χ0v) is 16.2. The second kappa shape index (κ2) is 7.95. The van der Waals surface area contributed by atoms with E-state index in [1.54, 1.807) is 6.07 Å². The highest BCUT2D eigenvalue weighted by Gasteiger charge is 2.23. The second-order valence-electron chi connectivity index (χ2n) is 5.48. The van der Waals surface area contributed by atoms with Crippen LogP contribution in [0, 0.1) is 16.8 Å². The Kier molecular flexibility index (Phi) is 5.79. The minimum atomic E-state index is -4.40. The zero-order valence-electron chi connectivity index (χ0n) is 13.8. The van der Waals surface area contributed by atoms with Crippen LogP contribution in [0.2, 0.25) is 5.02 Å². The van der Waals surface area contributed by atoms with E-state index in [0.29, 0.717) is 11.3 Å². The summed E-state index contributed by atoms with van der Waals surface area (Å²) in [5.74, 6) is -1.71. The Balaban J connectivity index is 1.87. The molecule has 3 aromatic rings. The summed E-state index contributed by atoms with van der Waals surface area (Å²) in [5.41, 5.74) is 5.95. The molecule has 28 heavy (non-hydrogen) atoms. The summed E-state index contributed by atoms with van der Waals surface area (Å²) < 4.78 is 67.8. The van der Waals surface area contributed by atoms with Crippen molar-refractivity contribution < 1.29 is 21.6 Å². The highest BCUT2D eigenvalue weighted by atomic mass is 35.5. The topological polar surface area (TPSA) is 97.1 Å². The number of halogens is 4. The smallest absolute Gasteiger partial charge is 0.266 e. The molecule has 0 fully saturated rings. The summed E-state index contributed by atoms with van der Waals surface area (Å²) in [4.78, 5) is 2.75. The van der Waals surface area contributed by atoms with E-state index in [1.807, 2.05) is 4.72 Å². The fourth-order valence-corrected chi connectivity index (χ4v) is 4.44. The number of nitrogens with one attached hydrogen (secondary N) is 2. The lowest BCUT2D eigenvalue weighted by atomic mass is 10.1. The minimum absolute atomic E-state index is 0.0332. The van der Waals surface area contributed by atoms with Gasteiger partial charge < -0.3 is 11.1 Å². The van der Waals surface area contributed by atoms with Crippen LogP contribution in [0.4, 0.5) is 24.0 Å². The van der Waals surface area contributed by atoms with Crippen LogP contribution in [-0.4, -0.2) is 13.4 Å². The maximum absolute atomic E-state index is 14.4. The third kappa shape index (κ3) is 4.38. The van der Waals surface area contributed by atoms with Gasteiger partial charge in [-0.3, -0.25) is 4.72 Å². The van der Waals surface area contributed by atoms with Crippen molar-refractivity contribution in [3.05, 3.63) is 69.9 Å². The van der Waals surface area contributed by atoms with Crippen molar-refractivity contribution in [3.8, 4) is 0 Å². The first-order valence-corrected chi connectivity index (χ1v) is 10.2. The van der Waals surface area contributed by atoms with E-state index >= 15 is 0 Å². The number of nitrogens with zero attached hydrogens (tertiary/aromatic N) is 1. The predicted molar refractivity (Wildman–Crippen MR) is 101 cm³/mol. The largest absolute Gasteiger partial charge is 0.365 e. The summed E-state index contributed by atoms with van der Waals surface area (Å²) >= 11 is 6.48. The van der Waals surface area contributed by atoms with E-state index in [4.69, 9.17) is 17.3 Å². The van der Waals surface area contributed by atoms with E-state index in [-0.39, 0.29) is 21.4 Å². The van der Waals surface area contributed by atoms with E-state index in [2.05, 4.69) is 10.3 Å². The number of nitrogens with two attached hydrogens (primary N) is 1. The summed E-state index contributed by atoms with van der Waals surface area (Å²) in [5, 5.41) is 1.49. The molecule has 0 aliphatic rings. The van der Waals surface area contributed by atoms with Crippen molar-refractivity contribution in [1.82, 2.24) is 4.98 Å². The number of sulfonamides is 1. The lowest BCUT2D eigenvalue weighted by molar-refractivity contribution is 0.570. The molecule has 0 saturated heterocycles. The van der Waals surface area contributed by atoms with E-state index in [1.165, 1.54) is 18.2 Å². The Morgan fingerprint density at radius 2 is 1.86 bits per heavy atom. The van der Waals surface area contributed by atoms with Crippen LogP contribution in [-0.2, 0) is 10.0 Å². The first-order valence-electron chi connectivity index (χ1n) is 7.57. The van der Waals surface area contributed by atoms with Gasteiger partial charge in [0, 0.05) is 5.56 Å². The third-order valence-electron chi connectivity index (χ3n) is 3.56. The highest BCUT2D eigenvalue weighted by Crippen LogP contribution is 2.31. The molecule has 1 atom stereocenters. The Morgan fingerprint density at radius 3 is 2.50 bits per heavy atom. The maximum atomic E-state index is 14.4. The van der Waals surface area contributed by atoms with Gasteiger partial charge in [-0.15, -0.1) is 0 Å². The molecule has 6 nitrogen and oxygen atoms in total. The van der Waals surface area contributed by atoms with Gasteiger partial charge in [-0.05, 0) is 18.2 Å². The molecule has 0 aliphatic carbocycles. The fraction of sp³-hybridized carbons (Fsp3) is 0.0625. The molecule has 4 N–H and O–H groups in total. The number of thiazole rings is 1. The Hall–Kier alpha value is -2.34. The first-order chi connectivity index (χ1) is 13.2. The molecule has 0 unspecified atom stereocenters. The Bertz CT molecular complexity index is 1120. The number of aromatic nitrogens is 1. The number of hydrogen-bond acceptors (Lipinski definition) is 6. The van der Waals surface area contributed by atoms with Crippen LogP contribution < -0.4 is 15.8 Å². The number of hydrogen-bond donors (Lipinski definition) is 3. The molecular weight excluding hydrogens is 437 g/mol. The quantitative estimate of drug-likeness (QED) is 0.493. The molecule has 0 aliphatic heterocycles. The van der Waals surface area contributed by atoms with Crippen molar-refractivity contribution in [1.29, 1.82) is 0 Å². The number of anilines is 2. The Labute approximate surface area is 167 Å². The third-order valence-corrected chi connectivity index (χ3v) is 6.06. The van der Waals surface area contributed by atoms with Crippen LogP contribution in [0.1, 0.15) is 11.7 Å². The van der Waals surface area contributed by atoms with Crippen molar-refractivity contribution in [2.45, 2.75) is 11.1 Å². The van der Waals surface area contributed by atoms with Gasteiger partial charge in [0.1, 0.15) is 22.7 Å². The van der Waals surface area contributed by atoms with Crippen molar-refractivity contribution in [2.75, 3.05) is 10.0 Å². The lowest BCUT2D eigenvalue weighted by Gasteiger charge is -2.18. The molecule has 0 spiro atoms. The first kappa shape index (κ1) is 20.4. The molecule has 0 bridgehead atoms. The van der Waals surface area contributed by atoms with Gasteiger partial charge in [-0.25, -0.2) is 22.2 Å². The maximum Gasteiger partial charge on any atom is 0.266 e. The van der Waals surface area contributed by atoms with E-state index < -0.39 is 37.8 Å². The van der Waals surface area contributed by atoms with Gasteiger partial charge in [0.15, 0.2) is 10.3 Å². The van der Waals surface area contributed by atoms with Gasteiger partial charge in [0.25, 0.3) is 10.0 Å². The average Bonchev–Trinajstić information content (AvgIpc) is 3.02. The lowest BCUT2D eigenvalue weighted by Crippen LogP contribution is -2.22. The van der Waals surface area contributed by atoms with Gasteiger partial charge in [-0.1, -0.05) is 41.1 Å². The standard InChI is InChI=1S/C16H12ClF3N4O2S2/c17-9-5-13(28(25,26)24-16-22-7-14(20)27-16)11(19)6-12(9)23-15(21)8-3-1-2-4-10(8)18/h1-7,15,23H,21H2,(H,22,24)/t15-/m1/s1. The number of rotatable bonds is 6. The molecule has 0 radical (unpaired) electrons. The van der Waals surface area contributed by atoms with E-state index in [0.717, 1.165) is 18.3 Å². The molecule has 12 heteroatoms. The molecule has 2 aromatic carbocycles.